The molecular weight excluding hydrogens is 328 g/mol. The van der Waals surface area contributed by atoms with Crippen molar-refractivity contribution >= 4 is 27.5 Å². The fourth-order valence-electron chi connectivity index (χ4n) is 1.87. The Bertz CT molecular complexity index is 572. The molecule has 2 nitrogen and oxygen atoms in total. The van der Waals surface area contributed by atoms with Crippen molar-refractivity contribution in [2.24, 2.45) is 0 Å². The van der Waals surface area contributed by atoms with Crippen LogP contribution < -0.4 is 4.74 Å². The van der Waals surface area contributed by atoms with Gasteiger partial charge in [0.1, 0.15) is 5.75 Å². The first-order valence-corrected chi connectivity index (χ1v) is 7.04. The smallest absolute Gasteiger partial charge is 0.137 e. The number of aliphatic hydroxyl groups is 1. The number of aliphatic hydroxyl groups excluding tert-OH is 1. The highest BCUT2D eigenvalue weighted by atomic mass is 79.9. The molecule has 0 radical (unpaired) electrons. The zero-order valence-electron chi connectivity index (χ0n) is 10.4. The summed E-state index contributed by atoms with van der Waals surface area (Å²) < 4.78 is 6.15. The van der Waals surface area contributed by atoms with Crippen LogP contribution in [0.1, 0.15) is 17.2 Å². The minimum atomic E-state index is -0.593. The lowest BCUT2D eigenvalue weighted by Crippen LogP contribution is -2.03. The van der Waals surface area contributed by atoms with Gasteiger partial charge in [-0.2, -0.15) is 0 Å². The highest BCUT2D eigenvalue weighted by molar-refractivity contribution is 9.10. The standard InChI is InChI=1S/C15H14BrClO2/c1-19-15-9-11(6-7-13(15)17)14(18)8-10-4-2-3-5-12(10)16/h2-7,9,14,18H,8H2,1H3. The van der Waals surface area contributed by atoms with E-state index in [0.29, 0.717) is 17.2 Å². The van der Waals surface area contributed by atoms with E-state index in [0.717, 1.165) is 15.6 Å². The van der Waals surface area contributed by atoms with E-state index in [-0.39, 0.29) is 0 Å². The molecule has 0 saturated heterocycles. The Morgan fingerprint density at radius 2 is 2.00 bits per heavy atom. The number of benzene rings is 2. The van der Waals surface area contributed by atoms with Crippen LogP contribution >= 0.6 is 27.5 Å². The summed E-state index contributed by atoms with van der Waals surface area (Å²) in [5.74, 6) is 0.574. The summed E-state index contributed by atoms with van der Waals surface area (Å²) in [4.78, 5) is 0. The largest absolute Gasteiger partial charge is 0.495 e. The minimum Gasteiger partial charge on any atom is -0.495 e. The first-order valence-electron chi connectivity index (χ1n) is 5.86. The van der Waals surface area contributed by atoms with E-state index < -0.39 is 6.10 Å². The Balaban J connectivity index is 2.20. The molecule has 1 unspecified atom stereocenters. The van der Waals surface area contributed by atoms with E-state index in [9.17, 15) is 5.11 Å². The third kappa shape index (κ3) is 3.50. The number of methoxy groups -OCH3 is 1. The third-order valence-electron chi connectivity index (χ3n) is 2.93. The van der Waals surface area contributed by atoms with Crippen molar-refractivity contribution in [3.05, 3.63) is 63.1 Å². The van der Waals surface area contributed by atoms with Gasteiger partial charge in [0, 0.05) is 10.9 Å². The summed E-state index contributed by atoms with van der Waals surface area (Å²) in [6.45, 7) is 0. The van der Waals surface area contributed by atoms with E-state index in [2.05, 4.69) is 15.9 Å². The highest BCUT2D eigenvalue weighted by Gasteiger charge is 2.12. The van der Waals surface area contributed by atoms with Gasteiger partial charge in [-0.15, -0.1) is 0 Å². The Morgan fingerprint density at radius 1 is 1.26 bits per heavy atom. The fraction of sp³-hybridized carbons (Fsp3) is 0.200. The molecule has 0 aromatic heterocycles. The van der Waals surface area contributed by atoms with Gasteiger partial charge in [-0.25, -0.2) is 0 Å². The van der Waals surface area contributed by atoms with Gasteiger partial charge in [0.15, 0.2) is 0 Å². The number of rotatable bonds is 4. The first kappa shape index (κ1) is 14.4. The van der Waals surface area contributed by atoms with Crippen molar-refractivity contribution in [2.75, 3.05) is 7.11 Å². The van der Waals surface area contributed by atoms with Gasteiger partial charge in [-0.1, -0.05) is 51.8 Å². The average Bonchev–Trinajstić information content (AvgIpc) is 2.42. The van der Waals surface area contributed by atoms with E-state index in [1.54, 1.807) is 19.2 Å². The highest BCUT2D eigenvalue weighted by Crippen LogP contribution is 2.30. The predicted molar refractivity (Wildman–Crippen MR) is 80.8 cm³/mol. The molecule has 0 aliphatic carbocycles. The number of halogens is 2. The number of hydrogen-bond acceptors (Lipinski definition) is 2. The molecule has 4 heteroatoms. The van der Waals surface area contributed by atoms with Crippen molar-refractivity contribution < 1.29 is 9.84 Å². The van der Waals surface area contributed by atoms with Crippen LogP contribution in [0.4, 0.5) is 0 Å². The molecule has 0 heterocycles. The van der Waals surface area contributed by atoms with E-state index in [4.69, 9.17) is 16.3 Å². The second-order valence-electron chi connectivity index (χ2n) is 4.21. The molecule has 1 atom stereocenters. The Hall–Kier alpha value is -1.03. The molecule has 2 rings (SSSR count). The van der Waals surface area contributed by atoms with Gasteiger partial charge >= 0.3 is 0 Å². The van der Waals surface area contributed by atoms with Gasteiger partial charge in [-0.05, 0) is 29.3 Å². The van der Waals surface area contributed by atoms with Gasteiger partial charge in [0.2, 0.25) is 0 Å². The molecule has 0 amide bonds. The van der Waals surface area contributed by atoms with Crippen LogP contribution in [0.25, 0.3) is 0 Å². The maximum Gasteiger partial charge on any atom is 0.137 e. The first-order chi connectivity index (χ1) is 9.11. The van der Waals surface area contributed by atoms with Crippen molar-refractivity contribution in [1.29, 1.82) is 0 Å². The number of ether oxygens (including phenoxy) is 1. The zero-order valence-corrected chi connectivity index (χ0v) is 12.8. The summed E-state index contributed by atoms with van der Waals surface area (Å²) in [6.07, 6.45) is -0.0588. The quantitative estimate of drug-likeness (QED) is 0.894. The average molecular weight is 342 g/mol. The second kappa shape index (κ2) is 6.42. The van der Waals surface area contributed by atoms with Gasteiger partial charge in [-0.3, -0.25) is 0 Å². The summed E-state index contributed by atoms with van der Waals surface area (Å²) >= 11 is 9.45. The fourth-order valence-corrected chi connectivity index (χ4v) is 2.52. The third-order valence-corrected chi connectivity index (χ3v) is 4.02. The minimum absolute atomic E-state index is 0.534. The molecule has 2 aromatic carbocycles. The SMILES string of the molecule is COc1cc(C(O)Cc2ccccc2Br)ccc1Cl. The van der Waals surface area contributed by atoms with E-state index in [1.807, 2.05) is 30.3 Å². The number of hydrogen-bond donors (Lipinski definition) is 1. The maximum atomic E-state index is 10.3. The molecule has 0 spiro atoms. The predicted octanol–water partition coefficient (Wildman–Crippen LogP) is 4.39. The summed E-state index contributed by atoms with van der Waals surface area (Å²) in [5, 5.41) is 10.8. The van der Waals surface area contributed by atoms with Gasteiger partial charge < -0.3 is 9.84 Å². The van der Waals surface area contributed by atoms with Crippen LogP contribution in [0, 0.1) is 0 Å². The Kier molecular flexibility index (Phi) is 4.86. The summed E-state index contributed by atoms with van der Waals surface area (Å²) in [7, 11) is 1.56. The van der Waals surface area contributed by atoms with Crippen LogP contribution in [0.15, 0.2) is 46.9 Å². The van der Waals surface area contributed by atoms with Crippen molar-refractivity contribution in [3.63, 3.8) is 0 Å². The van der Waals surface area contributed by atoms with Crippen LogP contribution in [0.3, 0.4) is 0 Å². The lowest BCUT2D eigenvalue weighted by atomic mass is 10.0. The maximum absolute atomic E-state index is 10.3. The Labute approximate surface area is 126 Å². The molecule has 0 fully saturated rings. The lowest BCUT2D eigenvalue weighted by molar-refractivity contribution is 0.178. The van der Waals surface area contributed by atoms with Crippen LogP contribution in [-0.2, 0) is 6.42 Å². The molecular formula is C15H14BrClO2. The molecule has 100 valence electrons. The lowest BCUT2D eigenvalue weighted by Gasteiger charge is -2.14. The molecule has 19 heavy (non-hydrogen) atoms. The molecule has 2 aromatic rings. The van der Waals surface area contributed by atoms with Crippen molar-refractivity contribution in [3.8, 4) is 5.75 Å². The Morgan fingerprint density at radius 3 is 2.68 bits per heavy atom. The van der Waals surface area contributed by atoms with Crippen molar-refractivity contribution in [1.82, 2.24) is 0 Å². The van der Waals surface area contributed by atoms with Crippen LogP contribution in [-0.4, -0.2) is 12.2 Å². The van der Waals surface area contributed by atoms with E-state index in [1.165, 1.54) is 0 Å². The van der Waals surface area contributed by atoms with Crippen LogP contribution in [0.2, 0.25) is 5.02 Å². The molecule has 0 bridgehead atoms. The summed E-state index contributed by atoms with van der Waals surface area (Å²) in [5.41, 5.74) is 1.85. The van der Waals surface area contributed by atoms with Gasteiger partial charge in [0.05, 0.1) is 18.2 Å². The van der Waals surface area contributed by atoms with E-state index >= 15 is 0 Å². The zero-order chi connectivity index (χ0) is 13.8. The topological polar surface area (TPSA) is 29.5 Å². The molecule has 0 aliphatic rings. The molecule has 0 saturated carbocycles. The summed E-state index contributed by atoms with van der Waals surface area (Å²) in [6, 6.07) is 13.2. The van der Waals surface area contributed by atoms with Gasteiger partial charge in [0.25, 0.3) is 0 Å². The molecule has 1 N–H and O–H groups in total. The van der Waals surface area contributed by atoms with Crippen molar-refractivity contribution in [2.45, 2.75) is 12.5 Å². The molecule has 0 aliphatic heterocycles. The second-order valence-corrected chi connectivity index (χ2v) is 5.47. The monoisotopic (exact) mass is 340 g/mol. The normalized spacial score (nSPS) is 12.2. The van der Waals surface area contributed by atoms with Crippen LogP contribution in [0.5, 0.6) is 5.75 Å².